The molecule has 4 nitrogen and oxygen atoms in total. The van der Waals surface area contributed by atoms with Crippen LogP contribution in [-0.4, -0.2) is 19.1 Å². The van der Waals surface area contributed by atoms with Gasteiger partial charge < -0.3 is 4.57 Å². The highest BCUT2D eigenvalue weighted by Crippen LogP contribution is 2.47. The number of benzene rings is 7. The molecule has 4 heterocycles. The fourth-order valence-electron chi connectivity index (χ4n) is 8.84. The average molecular weight is 661 g/mol. The van der Waals surface area contributed by atoms with E-state index in [1.54, 1.807) is 0 Å². The zero-order valence-electron chi connectivity index (χ0n) is 28.0. The van der Waals surface area contributed by atoms with Crippen LogP contribution in [0.2, 0.25) is 0 Å². The molecule has 0 saturated carbocycles. The van der Waals surface area contributed by atoms with Gasteiger partial charge in [0.15, 0.2) is 0 Å². The highest BCUT2D eigenvalue weighted by molar-refractivity contribution is 6.20. The second kappa shape index (κ2) is 10.3. The van der Waals surface area contributed by atoms with Gasteiger partial charge in [-0.3, -0.25) is 9.55 Å². The first-order valence-electron chi connectivity index (χ1n) is 17.7. The van der Waals surface area contributed by atoms with Crippen molar-refractivity contribution in [2.45, 2.75) is 0 Å². The Morgan fingerprint density at radius 3 is 1.98 bits per heavy atom. The maximum absolute atomic E-state index is 5.16. The number of aromatic nitrogens is 4. The first kappa shape index (κ1) is 27.7. The minimum Gasteiger partial charge on any atom is -0.309 e. The SMILES string of the molecule is c1ccc(-n2c3ccccc3c3cc(-c4ccc5c(c4)c4ccc6ccccc6c4n5-c4cc5c(cn4)-c4nccc6cccc-5c46)ccc32)cc1. The average Bonchev–Trinajstić information content (AvgIpc) is 3.84. The Morgan fingerprint density at radius 2 is 1.12 bits per heavy atom. The zero-order valence-corrected chi connectivity index (χ0v) is 28.0. The van der Waals surface area contributed by atoms with Crippen molar-refractivity contribution in [3.05, 3.63) is 170 Å². The first-order chi connectivity index (χ1) is 25.8. The molecular formula is C48H28N4. The molecule has 4 heteroatoms. The fourth-order valence-corrected chi connectivity index (χ4v) is 8.84. The molecule has 0 unspecified atom stereocenters. The topological polar surface area (TPSA) is 35.6 Å². The lowest BCUT2D eigenvalue weighted by Gasteiger charge is -2.11. The quantitative estimate of drug-likeness (QED) is 0.189. The summed E-state index contributed by atoms with van der Waals surface area (Å²) >= 11 is 0. The molecule has 0 aliphatic heterocycles. The third-order valence-electron chi connectivity index (χ3n) is 11.1. The third-order valence-corrected chi connectivity index (χ3v) is 11.1. The molecule has 0 bridgehead atoms. The second-order valence-corrected chi connectivity index (χ2v) is 13.8. The maximum Gasteiger partial charge on any atom is 0.138 e. The number of hydrogen-bond acceptors (Lipinski definition) is 2. The Morgan fingerprint density at radius 1 is 0.404 bits per heavy atom. The van der Waals surface area contributed by atoms with Crippen molar-refractivity contribution in [3.8, 4) is 45.0 Å². The van der Waals surface area contributed by atoms with Gasteiger partial charge in [0.1, 0.15) is 5.82 Å². The molecule has 12 rings (SSSR count). The summed E-state index contributed by atoms with van der Waals surface area (Å²) in [5, 5.41) is 9.76. The monoisotopic (exact) mass is 660 g/mol. The van der Waals surface area contributed by atoms with Gasteiger partial charge in [-0.15, -0.1) is 0 Å². The molecule has 0 saturated heterocycles. The van der Waals surface area contributed by atoms with Crippen LogP contribution in [0.5, 0.6) is 0 Å². The minimum atomic E-state index is 0.905. The Kier molecular flexibility index (Phi) is 5.47. The van der Waals surface area contributed by atoms with E-state index >= 15 is 0 Å². The van der Waals surface area contributed by atoms with E-state index in [0.29, 0.717) is 0 Å². The van der Waals surface area contributed by atoms with E-state index in [-0.39, 0.29) is 0 Å². The molecule has 0 atom stereocenters. The molecule has 11 aromatic rings. The molecule has 7 aromatic carbocycles. The molecule has 0 spiro atoms. The van der Waals surface area contributed by atoms with E-state index in [9.17, 15) is 0 Å². The summed E-state index contributed by atoms with van der Waals surface area (Å²) < 4.78 is 4.74. The Bertz CT molecular complexity index is 3290. The number of rotatable bonds is 3. The Hall–Kier alpha value is -7.04. The molecule has 240 valence electrons. The number of nitrogens with zero attached hydrogens (tertiary/aromatic N) is 4. The minimum absolute atomic E-state index is 0.905. The van der Waals surface area contributed by atoms with E-state index in [4.69, 9.17) is 9.97 Å². The molecule has 0 radical (unpaired) electrons. The Labute approximate surface area is 298 Å². The molecule has 4 aromatic heterocycles. The van der Waals surface area contributed by atoms with Gasteiger partial charge in [-0.05, 0) is 87.6 Å². The van der Waals surface area contributed by atoms with Crippen LogP contribution in [0.4, 0.5) is 0 Å². The van der Waals surface area contributed by atoms with E-state index < -0.39 is 0 Å². The largest absolute Gasteiger partial charge is 0.309 e. The highest BCUT2D eigenvalue weighted by atomic mass is 15.1. The summed E-state index contributed by atoms with van der Waals surface area (Å²) in [4.78, 5) is 9.96. The predicted octanol–water partition coefficient (Wildman–Crippen LogP) is 12.3. The van der Waals surface area contributed by atoms with Crippen molar-refractivity contribution in [2.24, 2.45) is 0 Å². The van der Waals surface area contributed by atoms with E-state index in [1.165, 1.54) is 87.6 Å². The molecule has 0 fully saturated rings. The van der Waals surface area contributed by atoms with E-state index in [0.717, 1.165) is 22.6 Å². The lowest BCUT2D eigenvalue weighted by atomic mass is 10.00. The van der Waals surface area contributed by atoms with Crippen LogP contribution in [0.15, 0.2) is 170 Å². The fraction of sp³-hybridized carbons (Fsp3) is 0. The molecule has 52 heavy (non-hydrogen) atoms. The summed E-state index contributed by atoms with van der Waals surface area (Å²) in [6, 6.07) is 57.3. The van der Waals surface area contributed by atoms with Crippen LogP contribution < -0.4 is 0 Å². The molecule has 1 aliphatic carbocycles. The van der Waals surface area contributed by atoms with Crippen molar-refractivity contribution in [1.29, 1.82) is 0 Å². The number of hydrogen-bond donors (Lipinski definition) is 0. The van der Waals surface area contributed by atoms with Crippen molar-refractivity contribution in [3.63, 3.8) is 0 Å². The highest BCUT2D eigenvalue weighted by Gasteiger charge is 2.25. The van der Waals surface area contributed by atoms with Crippen molar-refractivity contribution < 1.29 is 0 Å². The third kappa shape index (κ3) is 3.70. The van der Waals surface area contributed by atoms with Gasteiger partial charge >= 0.3 is 0 Å². The molecular weight excluding hydrogens is 633 g/mol. The summed E-state index contributed by atoms with van der Waals surface area (Å²) in [5.74, 6) is 0.905. The van der Waals surface area contributed by atoms with Gasteiger partial charge in [0, 0.05) is 56.0 Å². The van der Waals surface area contributed by atoms with Crippen molar-refractivity contribution in [2.75, 3.05) is 0 Å². The summed E-state index contributed by atoms with van der Waals surface area (Å²) in [6.45, 7) is 0. The van der Waals surface area contributed by atoms with Crippen LogP contribution in [0, 0.1) is 0 Å². The van der Waals surface area contributed by atoms with Crippen LogP contribution in [0.3, 0.4) is 0 Å². The maximum atomic E-state index is 5.16. The van der Waals surface area contributed by atoms with Crippen LogP contribution in [0.1, 0.15) is 0 Å². The van der Waals surface area contributed by atoms with E-state index in [2.05, 4.69) is 167 Å². The van der Waals surface area contributed by atoms with Crippen LogP contribution in [-0.2, 0) is 0 Å². The Balaban J connectivity index is 1.09. The molecule has 0 N–H and O–H groups in total. The summed E-state index contributed by atoms with van der Waals surface area (Å²) in [7, 11) is 0. The first-order valence-corrected chi connectivity index (χ1v) is 17.7. The smallest absolute Gasteiger partial charge is 0.138 e. The van der Waals surface area contributed by atoms with Gasteiger partial charge in [0.2, 0.25) is 0 Å². The van der Waals surface area contributed by atoms with Crippen molar-refractivity contribution >= 4 is 65.2 Å². The second-order valence-electron chi connectivity index (χ2n) is 13.8. The standard InChI is InChI=1S/C48H28N4/c1-2-11-33(12-3-1)51-42-16-7-6-14-35(42)39-25-31(18-21-43(39)51)32-19-22-44-40(26-32)37-20-17-29-9-4-5-13-34(29)48(37)52(44)45-27-38-36-15-8-10-30-23-24-49-47(46(30)36)41(38)28-50-45/h1-28H. The van der Waals surface area contributed by atoms with Crippen LogP contribution >= 0.6 is 0 Å². The number of pyridine rings is 2. The zero-order chi connectivity index (χ0) is 33.9. The number of para-hydroxylation sites is 2. The van der Waals surface area contributed by atoms with Gasteiger partial charge in [-0.1, -0.05) is 103 Å². The van der Waals surface area contributed by atoms with Crippen LogP contribution in [0.25, 0.3) is 110 Å². The lowest BCUT2D eigenvalue weighted by molar-refractivity contribution is 1.09. The van der Waals surface area contributed by atoms with E-state index in [1.807, 2.05) is 12.4 Å². The molecule has 0 amide bonds. The van der Waals surface area contributed by atoms with Gasteiger partial charge in [-0.25, -0.2) is 4.98 Å². The summed E-state index contributed by atoms with van der Waals surface area (Å²) in [6.07, 6.45) is 3.92. The predicted molar refractivity (Wildman–Crippen MR) is 216 cm³/mol. The summed E-state index contributed by atoms with van der Waals surface area (Å²) in [5.41, 5.74) is 12.8. The number of fused-ring (bicyclic) bond motifs is 11. The lowest BCUT2D eigenvalue weighted by Crippen LogP contribution is -1.98. The van der Waals surface area contributed by atoms with Gasteiger partial charge in [-0.2, -0.15) is 0 Å². The normalized spacial score (nSPS) is 12.2. The van der Waals surface area contributed by atoms with Gasteiger partial charge in [0.25, 0.3) is 0 Å². The van der Waals surface area contributed by atoms with Crippen molar-refractivity contribution in [1.82, 2.24) is 19.1 Å². The molecule has 1 aliphatic rings. The van der Waals surface area contributed by atoms with Gasteiger partial charge in [0.05, 0.1) is 27.8 Å².